The summed E-state index contributed by atoms with van der Waals surface area (Å²) in [4.78, 5) is 21.0. The molecule has 2 aromatic carbocycles. The summed E-state index contributed by atoms with van der Waals surface area (Å²) >= 11 is 5.97. The van der Waals surface area contributed by atoms with Gasteiger partial charge in [-0.2, -0.15) is 0 Å². The molecule has 1 aliphatic rings. The van der Waals surface area contributed by atoms with Crippen LogP contribution in [-0.2, 0) is 0 Å². The van der Waals surface area contributed by atoms with Crippen molar-refractivity contribution in [1.29, 1.82) is 0 Å². The van der Waals surface area contributed by atoms with Gasteiger partial charge in [0.2, 0.25) is 0 Å². The fourth-order valence-corrected chi connectivity index (χ4v) is 3.85. The average Bonchev–Trinajstić information content (AvgIpc) is 2.68. The van der Waals surface area contributed by atoms with Crippen LogP contribution in [0.1, 0.15) is 24.4 Å². The quantitative estimate of drug-likeness (QED) is 0.742. The number of nitrogens with two attached hydrogens (primary N) is 1. The molecule has 1 unspecified atom stereocenters. The van der Waals surface area contributed by atoms with Crippen molar-refractivity contribution in [2.75, 3.05) is 18.0 Å². The maximum Gasteiger partial charge on any atom is 0.258 e. The van der Waals surface area contributed by atoms with Crippen LogP contribution in [0.3, 0.4) is 0 Å². The van der Waals surface area contributed by atoms with Crippen molar-refractivity contribution in [3.8, 4) is 0 Å². The van der Waals surface area contributed by atoms with E-state index >= 15 is 0 Å². The van der Waals surface area contributed by atoms with Gasteiger partial charge in [0.15, 0.2) is 0 Å². The first-order valence-electron chi connectivity index (χ1n) is 8.85. The van der Waals surface area contributed by atoms with Gasteiger partial charge < -0.3 is 15.6 Å². The van der Waals surface area contributed by atoms with E-state index in [-0.39, 0.29) is 11.6 Å². The zero-order valence-corrected chi connectivity index (χ0v) is 15.1. The van der Waals surface area contributed by atoms with Crippen LogP contribution in [-0.4, -0.2) is 23.1 Å². The van der Waals surface area contributed by atoms with Crippen LogP contribution in [0.25, 0.3) is 10.9 Å². The van der Waals surface area contributed by atoms with Crippen LogP contribution in [0.4, 0.5) is 5.69 Å². The van der Waals surface area contributed by atoms with Crippen molar-refractivity contribution in [2.45, 2.75) is 18.9 Å². The minimum atomic E-state index is -0.103. The molecule has 0 radical (unpaired) electrons. The van der Waals surface area contributed by atoms with Crippen LogP contribution in [0.2, 0.25) is 5.02 Å². The highest BCUT2D eigenvalue weighted by molar-refractivity contribution is 6.30. The largest absolute Gasteiger partial charge is 0.371 e. The highest BCUT2D eigenvalue weighted by Gasteiger charge is 2.25. The number of anilines is 1. The number of rotatable bonds is 3. The molecule has 3 aromatic rings. The van der Waals surface area contributed by atoms with E-state index in [0.717, 1.165) is 47.7 Å². The smallest absolute Gasteiger partial charge is 0.258 e. The normalized spacial score (nSPS) is 16.8. The Bertz CT molecular complexity index is 961. The molecule has 4 rings (SSSR count). The lowest BCUT2D eigenvalue weighted by atomic mass is 9.86. The summed E-state index contributed by atoms with van der Waals surface area (Å²) in [6.07, 6.45) is 3.51. The number of aromatic amines is 1. The highest BCUT2D eigenvalue weighted by Crippen LogP contribution is 2.32. The number of nitrogens with one attached hydrogen (secondary N) is 1. The van der Waals surface area contributed by atoms with Crippen molar-refractivity contribution in [3.63, 3.8) is 0 Å². The maximum atomic E-state index is 11.8. The molecule has 1 saturated heterocycles. The molecule has 6 heteroatoms. The molecule has 1 aromatic heterocycles. The van der Waals surface area contributed by atoms with Gasteiger partial charge >= 0.3 is 0 Å². The number of fused-ring (bicyclic) bond motifs is 1. The molecule has 3 N–H and O–H groups in total. The van der Waals surface area contributed by atoms with E-state index in [1.54, 1.807) is 0 Å². The number of piperidine rings is 1. The number of hydrogen-bond donors (Lipinski definition) is 2. The van der Waals surface area contributed by atoms with Crippen molar-refractivity contribution >= 4 is 28.2 Å². The number of H-pyrrole nitrogens is 1. The van der Waals surface area contributed by atoms with Crippen LogP contribution >= 0.6 is 11.6 Å². The van der Waals surface area contributed by atoms with E-state index < -0.39 is 0 Å². The van der Waals surface area contributed by atoms with Gasteiger partial charge in [0.05, 0.1) is 17.2 Å². The maximum absolute atomic E-state index is 11.8. The van der Waals surface area contributed by atoms with E-state index in [2.05, 4.69) is 14.9 Å². The van der Waals surface area contributed by atoms with E-state index in [1.807, 2.05) is 42.5 Å². The number of nitrogens with zero attached hydrogens (tertiary/aromatic N) is 2. The number of benzene rings is 2. The van der Waals surface area contributed by atoms with E-state index in [4.69, 9.17) is 17.3 Å². The molecule has 26 heavy (non-hydrogen) atoms. The van der Waals surface area contributed by atoms with Gasteiger partial charge in [-0.3, -0.25) is 4.79 Å². The summed E-state index contributed by atoms with van der Waals surface area (Å²) in [5, 5.41) is 1.36. The van der Waals surface area contributed by atoms with Gasteiger partial charge in [0, 0.05) is 29.8 Å². The van der Waals surface area contributed by atoms with Crippen molar-refractivity contribution in [3.05, 3.63) is 69.7 Å². The third-order valence-electron chi connectivity index (χ3n) is 5.29. The number of hydrogen-bond acceptors (Lipinski definition) is 4. The van der Waals surface area contributed by atoms with E-state index in [0.29, 0.717) is 11.3 Å². The number of aromatic nitrogens is 2. The lowest BCUT2D eigenvalue weighted by molar-refractivity contribution is 0.345. The van der Waals surface area contributed by atoms with Gasteiger partial charge in [-0.25, -0.2) is 4.98 Å². The van der Waals surface area contributed by atoms with E-state index in [9.17, 15) is 4.79 Å². The monoisotopic (exact) mass is 368 g/mol. The Hall–Kier alpha value is -2.37. The predicted octanol–water partition coefficient (Wildman–Crippen LogP) is 3.49. The summed E-state index contributed by atoms with van der Waals surface area (Å²) in [7, 11) is 0. The Morgan fingerprint density at radius 1 is 1.15 bits per heavy atom. The van der Waals surface area contributed by atoms with Crippen molar-refractivity contribution < 1.29 is 0 Å². The summed E-state index contributed by atoms with van der Waals surface area (Å²) < 4.78 is 0. The lowest BCUT2D eigenvalue weighted by Crippen LogP contribution is -2.37. The predicted molar refractivity (Wildman–Crippen MR) is 106 cm³/mol. The standard InChI is InChI=1S/C20H21ClN4O/c21-15-3-1-13(2-4-15)19(22)14-7-9-25(10-8-14)16-5-6-17-18(11-16)23-12-24-20(17)26/h1-6,11-12,14,19H,7-10,22H2,(H,23,24,26). The van der Waals surface area contributed by atoms with Gasteiger partial charge in [0.25, 0.3) is 5.56 Å². The molecule has 0 spiro atoms. The summed E-state index contributed by atoms with van der Waals surface area (Å²) in [6.45, 7) is 1.89. The second kappa shape index (κ2) is 7.09. The van der Waals surface area contributed by atoms with E-state index in [1.165, 1.54) is 6.33 Å². The van der Waals surface area contributed by atoms with Gasteiger partial charge in [0.1, 0.15) is 0 Å². The molecule has 5 nitrogen and oxygen atoms in total. The van der Waals surface area contributed by atoms with Gasteiger partial charge in [-0.1, -0.05) is 23.7 Å². The first-order chi connectivity index (χ1) is 12.6. The fraction of sp³-hybridized carbons (Fsp3) is 0.300. The Labute approximate surface area is 156 Å². The van der Waals surface area contributed by atoms with Crippen LogP contribution in [0, 0.1) is 5.92 Å². The molecule has 134 valence electrons. The zero-order valence-electron chi connectivity index (χ0n) is 14.4. The van der Waals surface area contributed by atoms with Gasteiger partial charge in [-0.05, 0) is 54.7 Å². The molecule has 0 bridgehead atoms. The Balaban J connectivity index is 1.46. The van der Waals surface area contributed by atoms with Crippen LogP contribution in [0.15, 0.2) is 53.6 Å². The van der Waals surface area contributed by atoms with Crippen molar-refractivity contribution in [2.24, 2.45) is 11.7 Å². The molecular formula is C20H21ClN4O. The Kier molecular flexibility index (Phi) is 4.66. The molecular weight excluding hydrogens is 348 g/mol. The molecule has 0 saturated carbocycles. The third kappa shape index (κ3) is 3.32. The average molecular weight is 369 g/mol. The number of halogens is 1. The second-order valence-corrected chi connectivity index (χ2v) is 7.27. The molecule has 0 aliphatic carbocycles. The zero-order chi connectivity index (χ0) is 18.1. The summed E-state index contributed by atoms with van der Waals surface area (Å²) in [5.74, 6) is 0.453. The molecule has 1 atom stereocenters. The lowest BCUT2D eigenvalue weighted by Gasteiger charge is -2.36. The van der Waals surface area contributed by atoms with Crippen molar-refractivity contribution in [1.82, 2.24) is 9.97 Å². The Morgan fingerprint density at radius 2 is 1.88 bits per heavy atom. The topological polar surface area (TPSA) is 75.0 Å². The highest BCUT2D eigenvalue weighted by atomic mass is 35.5. The van der Waals surface area contributed by atoms with Crippen LogP contribution in [0.5, 0.6) is 0 Å². The molecule has 1 fully saturated rings. The summed E-state index contributed by atoms with van der Waals surface area (Å²) in [6, 6.07) is 13.7. The third-order valence-corrected chi connectivity index (χ3v) is 5.54. The second-order valence-electron chi connectivity index (χ2n) is 6.83. The molecule has 2 heterocycles. The minimum absolute atomic E-state index is 0.0336. The van der Waals surface area contributed by atoms with Crippen LogP contribution < -0.4 is 16.2 Å². The molecule has 0 amide bonds. The summed E-state index contributed by atoms with van der Waals surface area (Å²) in [5.41, 5.74) is 9.36. The Morgan fingerprint density at radius 3 is 2.62 bits per heavy atom. The fourth-order valence-electron chi connectivity index (χ4n) is 3.73. The first-order valence-corrected chi connectivity index (χ1v) is 9.23. The minimum Gasteiger partial charge on any atom is -0.371 e. The van der Waals surface area contributed by atoms with Gasteiger partial charge in [-0.15, -0.1) is 0 Å². The SMILES string of the molecule is NC(c1ccc(Cl)cc1)C1CCN(c2ccc3c(=O)[nH]cnc3c2)CC1. The molecule has 1 aliphatic heterocycles. The first kappa shape index (κ1) is 17.1.